The lowest BCUT2D eigenvalue weighted by atomic mass is 10.0. The summed E-state index contributed by atoms with van der Waals surface area (Å²) in [6.07, 6.45) is 1.23. The van der Waals surface area contributed by atoms with E-state index in [1.807, 2.05) is 49.4 Å². The van der Waals surface area contributed by atoms with Gasteiger partial charge in [-0.15, -0.1) is 16.4 Å². The van der Waals surface area contributed by atoms with Gasteiger partial charge >= 0.3 is 0 Å². The van der Waals surface area contributed by atoms with Crippen molar-refractivity contribution in [3.63, 3.8) is 0 Å². The Labute approximate surface area is 206 Å². The molecule has 0 aliphatic carbocycles. The normalized spacial score (nSPS) is 14.8. The molecule has 1 aromatic carbocycles. The molecule has 4 heterocycles. The average Bonchev–Trinajstić information content (AvgIpc) is 3.43. The number of rotatable bonds is 6. The minimum Gasteiger partial charge on any atom is -0.366 e. The smallest absolute Gasteiger partial charge is 0.254 e. The van der Waals surface area contributed by atoms with Crippen LogP contribution in [-0.2, 0) is 24.2 Å². The molecule has 8 nitrogen and oxygen atoms in total. The fourth-order valence-electron chi connectivity index (χ4n) is 4.59. The molecule has 1 aliphatic rings. The highest BCUT2D eigenvalue weighted by atomic mass is 35.5. The predicted octanol–water partition coefficient (Wildman–Crippen LogP) is 3.50. The molecule has 1 aliphatic heterocycles. The van der Waals surface area contributed by atoms with Gasteiger partial charge in [-0.3, -0.25) is 9.69 Å². The van der Waals surface area contributed by atoms with Crippen LogP contribution in [0.2, 0.25) is 5.02 Å². The van der Waals surface area contributed by atoms with Crippen molar-refractivity contribution in [1.29, 1.82) is 0 Å². The number of anilines is 1. The summed E-state index contributed by atoms with van der Waals surface area (Å²) >= 11 is 7.96. The monoisotopic (exact) mass is 495 g/mol. The van der Waals surface area contributed by atoms with Crippen LogP contribution in [0, 0.1) is 13.8 Å². The van der Waals surface area contributed by atoms with Crippen molar-refractivity contribution in [2.24, 2.45) is 0 Å². The van der Waals surface area contributed by atoms with Gasteiger partial charge in [0.05, 0.1) is 12.5 Å². The maximum atomic E-state index is 13.0. The Morgan fingerprint density at radius 3 is 2.82 bits per heavy atom. The van der Waals surface area contributed by atoms with Crippen LogP contribution in [-0.4, -0.2) is 43.5 Å². The molecule has 0 saturated heterocycles. The molecule has 4 aromatic rings. The number of thiophene rings is 1. The molecule has 34 heavy (non-hydrogen) atoms. The van der Waals surface area contributed by atoms with Gasteiger partial charge in [0, 0.05) is 46.5 Å². The van der Waals surface area contributed by atoms with Crippen molar-refractivity contribution in [3.05, 3.63) is 73.7 Å². The van der Waals surface area contributed by atoms with Crippen LogP contribution >= 0.6 is 22.9 Å². The van der Waals surface area contributed by atoms with Crippen LogP contribution < -0.4 is 11.1 Å². The lowest BCUT2D eigenvalue weighted by Crippen LogP contribution is -2.40. The summed E-state index contributed by atoms with van der Waals surface area (Å²) in [6.45, 7) is 6.10. The van der Waals surface area contributed by atoms with E-state index >= 15 is 0 Å². The molecule has 176 valence electrons. The van der Waals surface area contributed by atoms with Gasteiger partial charge in [0.2, 0.25) is 11.9 Å². The van der Waals surface area contributed by atoms with Crippen molar-refractivity contribution in [2.45, 2.75) is 39.3 Å². The molecule has 10 heteroatoms. The first kappa shape index (κ1) is 22.8. The summed E-state index contributed by atoms with van der Waals surface area (Å²) in [5, 5.41) is 10.2. The van der Waals surface area contributed by atoms with Gasteiger partial charge in [-0.25, -0.2) is 4.98 Å². The van der Waals surface area contributed by atoms with Crippen LogP contribution in [0.1, 0.15) is 39.0 Å². The third-order valence-corrected chi connectivity index (χ3v) is 7.70. The number of fused-ring (bicyclic) bond motifs is 2. The fraction of sp³-hybridized carbons (Fsp3) is 0.333. The fourth-order valence-corrected chi connectivity index (χ4v) is 5.61. The van der Waals surface area contributed by atoms with Gasteiger partial charge < -0.3 is 11.1 Å². The summed E-state index contributed by atoms with van der Waals surface area (Å²) in [4.78, 5) is 25.5. The van der Waals surface area contributed by atoms with E-state index in [1.165, 1.54) is 10.4 Å². The van der Waals surface area contributed by atoms with E-state index < -0.39 is 0 Å². The van der Waals surface area contributed by atoms with Gasteiger partial charge in [0.1, 0.15) is 0 Å². The number of aryl methyl sites for hydroxylation is 2. The van der Waals surface area contributed by atoms with Gasteiger partial charge in [0.15, 0.2) is 0 Å². The number of nitrogens with two attached hydrogens (primary N) is 1. The molecule has 0 fully saturated rings. The zero-order valence-corrected chi connectivity index (χ0v) is 20.7. The first-order valence-electron chi connectivity index (χ1n) is 11.2. The summed E-state index contributed by atoms with van der Waals surface area (Å²) < 4.78 is 1.59. The number of amides is 1. The Morgan fingerprint density at radius 2 is 2.03 bits per heavy atom. The number of halogens is 1. The van der Waals surface area contributed by atoms with Crippen molar-refractivity contribution in [3.8, 4) is 0 Å². The second-order valence-corrected chi connectivity index (χ2v) is 10.0. The Bertz CT molecular complexity index is 1350. The van der Waals surface area contributed by atoms with Crippen molar-refractivity contribution < 1.29 is 4.79 Å². The van der Waals surface area contributed by atoms with Gasteiger partial charge in [0.25, 0.3) is 5.78 Å². The molecule has 5 rings (SSSR count). The van der Waals surface area contributed by atoms with Gasteiger partial charge in [-0.05, 0) is 55.0 Å². The van der Waals surface area contributed by atoms with Crippen molar-refractivity contribution in [2.75, 3.05) is 18.8 Å². The minimum absolute atomic E-state index is 0.0483. The molecular weight excluding hydrogens is 470 g/mol. The van der Waals surface area contributed by atoms with Crippen molar-refractivity contribution in [1.82, 2.24) is 29.8 Å². The number of aromatic nitrogens is 4. The lowest BCUT2D eigenvalue weighted by Gasteiger charge is -2.35. The second-order valence-electron chi connectivity index (χ2n) is 8.58. The molecular formula is C24H26ClN7OS. The third kappa shape index (κ3) is 4.51. The molecule has 3 aromatic heterocycles. The zero-order chi connectivity index (χ0) is 23.8. The van der Waals surface area contributed by atoms with E-state index in [4.69, 9.17) is 17.3 Å². The number of benzene rings is 1. The predicted molar refractivity (Wildman–Crippen MR) is 134 cm³/mol. The van der Waals surface area contributed by atoms with Gasteiger partial charge in [-0.1, -0.05) is 23.7 Å². The molecule has 1 amide bonds. The molecule has 1 atom stereocenters. The average molecular weight is 496 g/mol. The van der Waals surface area contributed by atoms with E-state index in [2.05, 4.69) is 36.7 Å². The SMILES string of the molecule is Cc1nc2nc(N)nn2c(C)c1CC(=O)NCC(c1ccc(Cl)cc1)N1CCc2sccc2C1. The van der Waals surface area contributed by atoms with E-state index in [1.54, 1.807) is 4.52 Å². The first-order chi connectivity index (χ1) is 16.4. The van der Waals surface area contributed by atoms with E-state index in [-0.39, 0.29) is 24.3 Å². The quantitative estimate of drug-likeness (QED) is 0.424. The van der Waals surface area contributed by atoms with E-state index in [9.17, 15) is 4.79 Å². The Balaban J connectivity index is 1.34. The third-order valence-electron chi connectivity index (χ3n) is 6.43. The number of nitrogen functional groups attached to an aromatic ring is 1. The topological polar surface area (TPSA) is 101 Å². The highest BCUT2D eigenvalue weighted by Crippen LogP contribution is 2.30. The Morgan fingerprint density at radius 1 is 1.24 bits per heavy atom. The van der Waals surface area contributed by atoms with Crippen LogP contribution in [0.3, 0.4) is 0 Å². The highest BCUT2D eigenvalue weighted by molar-refractivity contribution is 7.10. The Kier molecular flexibility index (Phi) is 6.24. The number of hydrogen-bond acceptors (Lipinski definition) is 7. The summed E-state index contributed by atoms with van der Waals surface area (Å²) in [6, 6.07) is 10.2. The summed E-state index contributed by atoms with van der Waals surface area (Å²) in [5.74, 6) is 0.544. The molecule has 0 radical (unpaired) electrons. The zero-order valence-electron chi connectivity index (χ0n) is 19.1. The van der Waals surface area contributed by atoms with Crippen LogP contribution in [0.5, 0.6) is 0 Å². The van der Waals surface area contributed by atoms with Crippen LogP contribution in [0.25, 0.3) is 5.78 Å². The number of nitrogens with zero attached hydrogens (tertiary/aromatic N) is 5. The second kappa shape index (κ2) is 9.32. The number of nitrogens with one attached hydrogen (secondary N) is 1. The minimum atomic E-state index is -0.0624. The number of carbonyl (C=O) groups is 1. The molecule has 3 N–H and O–H groups in total. The molecule has 1 unspecified atom stereocenters. The molecule has 0 bridgehead atoms. The van der Waals surface area contributed by atoms with E-state index in [0.717, 1.165) is 42.0 Å². The lowest BCUT2D eigenvalue weighted by molar-refractivity contribution is -0.120. The number of carbonyl (C=O) groups excluding carboxylic acids is 1. The maximum Gasteiger partial charge on any atom is 0.254 e. The van der Waals surface area contributed by atoms with Gasteiger partial charge in [-0.2, -0.15) is 9.50 Å². The molecule has 0 saturated carbocycles. The number of hydrogen-bond donors (Lipinski definition) is 2. The van der Waals surface area contributed by atoms with Crippen LogP contribution in [0.15, 0.2) is 35.7 Å². The largest absolute Gasteiger partial charge is 0.366 e. The van der Waals surface area contributed by atoms with E-state index in [0.29, 0.717) is 17.3 Å². The summed E-state index contributed by atoms with van der Waals surface area (Å²) in [7, 11) is 0. The summed E-state index contributed by atoms with van der Waals surface area (Å²) in [5.41, 5.74) is 10.6. The molecule has 0 spiro atoms. The standard InChI is InChI=1S/C24H26ClN7OS/c1-14-19(15(2)32-24(28-14)29-23(26)30-32)11-22(33)27-12-20(16-3-5-18(25)6-4-16)31-9-7-21-17(13-31)8-10-34-21/h3-6,8,10,20H,7,9,11-13H2,1-2H3,(H2,26,30)(H,27,33). The highest BCUT2D eigenvalue weighted by Gasteiger charge is 2.26. The Hall–Kier alpha value is -3.01. The maximum absolute atomic E-state index is 13.0. The van der Waals surface area contributed by atoms with Crippen molar-refractivity contribution >= 4 is 40.6 Å². The first-order valence-corrected chi connectivity index (χ1v) is 12.4. The van der Waals surface area contributed by atoms with Crippen LogP contribution in [0.4, 0.5) is 5.95 Å².